The number of hydrogen-bond donors (Lipinski definition) is 9. The summed E-state index contributed by atoms with van der Waals surface area (Å²) >= 11 is 9.77. The first-order valence-corrected chi connectivity index (χ1v) is 31.5. The van der Waals surface area contributed by atoms with Crippen LogP contribution in [0.2, 0.25) is 5.28 Å². The van der Waals surface area contributed by atoms with Crippen molar-refractivity contribution in [2.75, 3.05) is 40.1 Å². The predicted octanol–water partition coefficient (Wildman–Crippen LogP) is 8.13. The molecular formula is C44H40Cl2N10O20S6. The monoisotopic (exact) mass is 1290 g/mol. The number of hydrogen-bond acceptors (Lipinski definition) is 25. The van der Waals surface area contributed by atoms with Gasteiger partial charge in [-0.1, -0.05) is 6.07 Å². The molecule has 7 aromatic rings. The van der Waals surface area contributed by atoms with Crippen LogP contribution in [0.4, 0.5) is 51.7 Å². The lowest BCUT2D eigenvalue weighted by Crippen LogP contribution is -2.21. The highest BCUT2D eigenvalue weighted by atomic mass is 35.5. The molecule has 0 aliphatic carbocycles. The van der Waals surface area contributed by atoms with Gasteiger partial charge in [0.15, 0.2) is 28.5 Å². The number of carbonyl (C=O) groups excluding carboxylic acids is 1. The van der Waals surface area contributed by atoms with Crippen LogP contribution in [0.1, 0.15) is 11.1 Å². The van der Waals surface area contributed by atoms with Crippen molar-refractivity contribution in [3.63, 3.8) is 0 Å². The molecule has 0 bridgehead atoms. The van der Waals surface area contributed by atoms with Crippen LogP contribution in [0.25, 0.3) is 21.5 Å². The van der Waals surface area contributed by atoms with Crippen LogP contribution >= 0.6 is 23.2 Å². The van der Waals surface area contributed by atoms with E-state index in [0.29, 0.717) is 5.56 Å². The van der Waals surface area contributed by atoms with Gasteiger partial charge in [0.2, 0.25) is 32.9 Å². The van der Waals surface area contributed by atoms with E-state index < -0.39 is 139 Å². The second-order valence-corrected chi connectivity index (χ2v) is 25.3. The third-order valence-electron chi connectivity index (χ3n) is 10.5. The molecule has 30 nitrogen and oxygen atoms in total. The van der Waals surface area contributed by atoms with Gasteiger partial charge < -0.3 is 26.2 Å². The number of aryl methyl sites for hydroxylation is 2. The van der Waals surface area contributed by atoms with Gasteiger partial charge in [-0.25, -0.2) is 16.8 Å². The van der Waals surface area contributed by atoms with E-state index in [-0.39, 0.29) is 68.0 Å². The molecule has 1 atom stereocenters. The molecule has 1 heterocycles. The summed E-state index contributed by atoms with van der Waals surface area (Å²) in [5.41, 5.74) is -2.02. The van der Waals surface area contributed by atoms with E-state index in [2.05, 4.69) is 68.7 Å². The quantitative estimate of drug-likeness (QED) is 0.0142. The van der Waals surface area contributed by atoms with Gasteiger partial charge >= 0.3 is 10.4 Å². The summed E-state index contributed by atoms with van der Waals surface area (Å²) in [6, 6.07) is 13.8. The maximum Gasteiger partial charge on any atom is 0.398 e. The lowest BCUT2D eigenvalue weighted by atomic mass is 10.0. The molecule has 0 spiro atoms. The van der Waals surface area contributed by atoms with E-state index >= 15 is 0 Å². The minimum Gasteiger partial charge on any atom is -0.505 e. The molecule has 6 aromatic carbocycles. The molecule has 38 heteroatoms. The van der Waals surface area contributed by atoms with E-state index in [1.54, 1.807) is 6.92 Å². The SMILES string of the molecule is C=C.Cc1cc(Nc2nc(Cl)nc(Nc3cc(S(=O)(=O)O)cc4cc(C)c(N=Nc5cc(NC(=O)CS(=O)OCCCl)ccc5S(=O)(=O)O)c(O)c34)n2)c2c(O)c(N=Nc3ccc(S(=O)(=O)COS(=O)(=O)O)cc3)c(S(=O)(=O)O)cc2c1. The molecule has 0 fully saturated rings. The fraction of sp³-hybridized carbons (Fsp3) is 0.136. The highest BCUT2D eigenvalue weighted by Gasteiger charge is 2.26. The molecule has 436 valence electrons. The van der Waals surface area contributed by atoms with Crippen molar-refractivity contribution < 1.29 is 87.9 Å². The van der Waals surface area contributed by atoms with E-state index in [0.717, 1.165) is 60.7 Å². The Hall–Kier alpha value is -7.30. The highest BCUT2D eigenvalue weighted by molar-refractivity contribution is 7.92. The molecular weight excluding hydrogens is 1250 g/mol. The minimum atomic E-state index is -5.19. The standard InChI is InChI=1S/C42H36Cl2N10O20S6.C2H4/c1-20-11-22-15-32(79(67,68)69)37(54-51-24-3-6-26(7-4-24)76(59,60)19-74-80(70,71)72)39(57)34(22)29(12-20)46-41-48-40(44)49-42(50-41)47-30-17-27(77(61,62)63)14-23-13-21(2)36(38(56)35(23)30)53-52-28-16-25(5-8-31(28)78(64,65)66)45-33(55)18-75(58)73-10-9-43;1-2/h3-8,11-17,56-57H,9-10,18-19H2,1-2H3,(H,45,55)(H,61,62,63)(H,64,65,66)(H,67,68,69)(H,70,71,72)(H2,46,47,48,49,50);1-2H2. The van der Waals surface area contributed by atoms with Crippen molar-refractivity contribution in [3.8, 4) is 11.5 Å². The van der Waals surface area contributed by atoms with Crippen LogP contribution < -0.4 is 16.0 Å². The Morgan fingerprint density at radius 2 is 1.24 bits per heavy atom. The lowest BCUT2D eigenvalue weighted by molar-refractivity contribution is -0.113. The van der Waals surface area contributed by atoms with E-state index in [1.165, 1.54) is 25.1 Å². The predicted molar refractivity (Wildman–Crippen MR) is 297 cm³/mol. The number of sulfone groups is 1. The van der Waals surface area contributed by atoms with Crippen molar-refractivity contribution in [1.29, 1.82) is 0 Å². The Kier molecular flexibility index (Phi) is 19.8. The molecule has 1 aromatic heterocycles. The Morgan fingerprint density at radius 1 is 0.671 bits per heavy atom. The molecule has 0 radical (unpaired) electrons. The third-order valence-corrected chi connectivity index (χ3v) is 16.3. The fourth-order valence-corrected chi connectivity index (χ4v) is 11.7. The maximum absolute atomic E-state index is 12.7. The zero-order valence-corrected chi connectivity index (χ0v) is 47.9. The molecule has 0 saturated heterocycles. The summed E-state index contributed by atoms with van der Waals surface area (Å²) in [6.45, 7) is 8.82. The van der Waals surface area contributed by atoms with Gasteiger partial charge in [-0.2, -0.15) is 53.7 Å². The number of fused-ring (bicyclic) bond motifs is 2. The van der Waals surface area contributed by atoms with E-state index in [4.69, 9.17) is 31.9 Å². The number of aromatic nitrogens is 3. The number of amides is 1. The van der Waals surface area contributed by atoms with Crippen molar-refractivity contribution in [2.24, 2.45) is 20.5 Å². The lowest BCUT2D eigenvalue weighted by Gasteiger charge is -2.16. The van der Waals surface area contributed by atoms with Gasteiger partial charge in [-0.15, -0.1) is 40.1 Å². The summed E-state index contributed by atoms with van der Waals surface area (Å²) in [6.07, 6.45) is 0. The molecule has 7 rings (SSSR count). The third kappa shape index (κ3) is 16.0. The molecule has 9 N–H and O–H groups in total. The first kappa shape index (κ1) is 63.9. The van der Waals surface area contributed by atoms with Crippen LogP contribution in [0.3, 0.4) is 0 Å². The van der Waals surface area contributed by atoms with Crippen LogP contribution in [0, 0.1) is 13.8 Å². The first-order valence-electron chi connectivity index (χ1n) is 22.0. The van der Waals surface area contributed by atoms with Crippen LogP contribution in [0.15, 0.2) is 132 Å². The molecule has 0 saturated carbocycles. The van der Waals surface area contributed by atoms with Crippen LogP contribution in [0.5, 0.6) is 11.5 Å². The number of anilines is 5. The zero-order chi connectivity index (χ0) is 60.9. The Labute approximate surface area is 477 Å². The summed E-state index contributed by atoms with van der Waals surface area (Å²) in [7, 11) is -24.8. The number of nitrogens with one attached hydrogen (secondary N) is 3. The number of alkyl halides is 1. The minimum absolute atomic E-state index is 0.00465. The molecule has 0 aliphatic rings. The van der Waals surface area contributed by atoms with Gasteiger partial charge in [-0.05, 0) is 120 Å². The maximum atomic E-state index is 12.7. The second kappa shape index (κ2) is 25.5. The summed E-state index contributed by atoms with van der Waals surface area (Å²) in [5.74, 6) is -5.55. The molecule has 1 unspecified atom stereocenters. The highest BCUT2D eigenvalue weighted by Crippen LogP contribution is 2.47. The van der Waals surface area contributed by atoms with Gasteiger partial charge in [0.1, 0.15) is 32.6 Å². The van der Waals surface area contributed by atoms with Gasteiger partial charge in [0.25, 0.3) is 30.4 Å². The number of nitrogens with zero attached hydrogens (tertiary/aromatic N) is 7. The van der Waals surface area contributed by atoms with Crippen molar-refractivity contribution in [3.05, 3.63) is 108 Å². The smallest absolute Gasteiger partial charge is 0.398 e. The van der Waals surface area contributed by atoms with Crippen LogP contribution in [-0.2, 0) is 74.8 Å². The number of carbonyl (C=O) groups is 1. The normalized spacial score (nSPS) is 12.8. The van der Waals surface area contributed by atoms with E-state index in [1.807, 2.05) is 0 Å². The number of rotatable bonds is 21. The molecule has 82 heavy (non-hydrogen) atoms. The number of halogens is 2. The Balaban J connectivity index is 0.00000535. The topological polar surface area (TPSA) is 469 Å². The zero-order valence-electron chi connectivity index (χ0n) is 41.5. The first-order chi connectivity index (χ1) is 38.2. The van der Waals surface area contributed by atoms with E-state index in [9.17, 15) is 75.0 Å². The number of phenols is 2. The summed E-state index contributed by atoms with van der Waals surface area (Å²) in [4.78, 5) is 21.9. The summed E-state index contributed by atoms with van der Waals surface area (Å²) in [5, 5.41) is 45.9. The van der Waals surface area contributed by atoms with Gasteiger partial charge in [0, 0.05) is 22.3 Å². The van der Waals surface area contributed by atoms with Gasteiger partial charge in [-0.3, -0.25) is 27.2 Å². The number of aromatic hydroxyl groups is 2. The number of phenolic OH excluding ortho intramolecular Hbond substituents is 2. The van der Waals surface area contributed by atoms with Crippen molar-refractivity contribution >= 4 is 164 Å². The number of benzene rings is 6. The Bertz CT molecular complexity index is 4390. The second-order valence-electron chi connectivity index (χ2n) is 16.2. The Morgan fingerprint density at radius 3 is 1.82 bits per heavy atom. The van der Waals surface area contributed by atoms with Gasteiger partial charge in [0.05, 0.1) is 33.5 Å². The van der Waals surface area contributed by atoms with Crippen molar-refractivity contribution in [2.45, 2.75) is 33.4 Å². The average molecular weight is 1290 g/mol. The average Bonchev–Trinajstić information content (AvgIpc) is 3.31. The van der Waals surface area contributed by atoms with Crippen molar-refractivity contribution in [1.82, 2.24) is 15.0 Å². The van der Waals surface area contributed by atoms with Crippen LogP contribution in [-0.4, -0.2) is 120 Å². The summed E-state index contributed by atoms with van der Waals surface area (Å²) < 4.78 is 182. The number of azo groups is 2. The molecule has 0 aliphatic heterocycles. The largest absolute Gasteiger partial charge is 0.505 e. The molecule has 1 amide bonds. The fourth-order valence-electron chi connectivity index (χ4n) is 7.21.